The highest BCUT2D eigenvalue weighted by Gasteiger charge is 2.39. The lowest BCUT2D eigenvalue weighted by molar-refractivity contribution is -0.150. The molecular weight excluding hydrogens is 363 g/mol. The fourth-order valence-corrected chi connectivity index (χ4v) is 5.09. The summed E-state index contributed by atoms with van der Waals surface area (Å²) in [7, 11) is -3.72. The van der Waals surface area contributed by atoms with Gasteiger partial charge in [0.15, 0.2) is 0 Å². The lowest BCUT2D eigenvalue weighted by Crippen LogP contribution is -2.47. The van der Waals surface area contributed by atoms with E-state index in [1.165, 1.54) is 21.3 Å². The van der Waals surface area contributed by atoms with Crippen molar-refractivity contribution in [3.8, 4) is 0 Å². The van der Waals surface area contributed by atoms with Crippen LogP contribution < -0.4 is 0 Å². The number of benzene rings is 1. The fraction of sp³-hybridized carbons (Fsp3) is 0.529. The molecule has 0 aliphatic carbocycles. The Balaban J connectivity index is 1.64. The number of carboxylic acid groups (broad SMARTS) is 1. The summed E-state index contributed by atoms with van der Waals surface area (Å²) in [6.07, 6.45) is 1.82. The molecule has 0 aromatic heterocycles. The van der Waals surface area contributed by atoms with Crippen LogP contribution in [0.2, 0.25) is 0 Å². The highest BCUT2D eigenvalue weighted by molar-refractivity contribution is 7.89. The molecule has 7 nitrogen and oxygen atoms in total. The lowest BCUT2D eigenvalue weighted by Gasteiger charge is -2.33. The molecule has 2 saturated heterocycles. The van der Waals surface area contributed by atoms with Crippen LogP contribution in [0.1, 0.15) is 25.7 Å². The molecule has 3 rings (SSSR count). The number of hydrogen-bond acceptors (Lipinski definition) is 4. The Morgan fingerprint density at radius 1 is 1.04 bits per heavy atom. The molecule has 2 aliphatic heterocycles. The average molecular weight is 384 g/mol. The Kier molecular flexibility index (Phi) is 5.29. The molecule has 2 fully saturated rings. The summed E-state index contributed by atoms with van der Waals surface area (Å²) in [6, 6.07) is 3.88. The predicted molar refractivity (Wildman–Crippen MR) is 90.3 cm³/mol. The first-order chi connectivity index (χ1) is 12.3. The highest BCUT2D eigenvalue weighted by atomic mass is 32.2. The third kappa shape index (κ3) is 3.59. The van der Waals surface area contributed by atoms with Gasteiger partial charge in [-0.05, 0) is 49.9 Å². The average Bonchev–Trinajstić information content (AvgIpc) is 3.11. The van der Waals surface area contributed by atoms with Crippen LogP contribution in [-0.4, -0.2) is 60.3 Å². The summed E-state index contributed by atoms with van der Waals surface area (Å²) in [5.41, 5.74) is 0. The van der Waals surface area contributed by atoms with Crippen LogP contribution in [0.15, 0.2) is 29.2 Å². The molecule has 2 aliphatic rings. The monoisotopic (exact) mass is 384 g/mol. The van der Waals surface area contributed by atoms with Gasteiger partial charge in [-0.3, -0.25) is 4.79 Å². The number of carbonyl (C=O) groups is 2. The maximum absolute atomic E-state index is 13.0. The quantitative estimate of drug-likeness (QED) is 0.844. The molecule has 1 amide bonds. The Bertz CT molecular complexity index is 788. The molecule has 2 heterocycles. The molecule has 0 spiro atoms. The molecule has 1 unspecified atom stereocenters. The van der Waals surface area contributed by atoms with E-state index in [0.29, 0.717) is 32.2 Å². The first kappa shape index (κ1) is 18.8. The van der Waals surface area contributed by atoms with Gasteiger partial charge >= 0.3 is 5.97 Å². The van der Waals surface area contributed by atoms with Crippen molar-refractivity contribution >= 4 is 21.9 Å². The van der Waals surface area contributed by atoms with Gasteiger partial charge in [-0.1, -0.05) is 0 Å². The highest BCUT2D eigenvalue weighted by Crippen LogP contribution is 2.28. The van der Waals surface area contributed by atoms with Crippen LogP contribution in [0.25, 0.3) is 0 Å². The van der Waals surface area contributed by atoms with Crippen LogP contribution in [0, 0.1) is 11.7 Å². The molecule has 26 heavy (non-hydrogen) atoms. The molecule has 0 radical (unpaired) electrons. The van der Waals surface area contributed by atoms with Crippen LogP contribution in [0.5, 0.6) is 0 Å². The summed E-state index contributed by atoms with van der Waals surface area (Å²) in [5, 5.41) is 9.22. The van der Waals surface area contributed by atoms with E-state index in [9.17, 15) is 27.5 Å². The molecule has 0 saturated carbocycles. The molecule has 142 valence electrons. The zero-order chi connectivity index (χ0) is 18.9. The van der Waals surface area contributed by atoms with Crippen LogP contribution >= 0.6 is 0 Å². The largest absolute Gasteiger partial charge is 0.480 e. The molecule has 1 atom stereocenters. The van der Waals surface area contributed by atoms with Crippen molar-refractivity contribution in [3.05, 3.63) is 30.1 Å². The van der Waals surface area contributed by atoms with Gasteiger partial charge in [0.2, 0.25) is 15.9 Å². The van der Waals surface area contributed by atoms with Gasteiger partial charge in [-0.25, -0.2) is 17.6 Å². The Morgan fingerprint density at radius 3 is 2.23 bits per heavy atom. The Hall–Kier alpha value is -2.00. The third-order valence-electron chi connectivity index (χ3n) is 5.08. The van der Waals surface area contributed by atoms with Crippen molar-refractivity contribution in [2.45, 2.75) is 36.6 Å². The van der Waals surface area contributed by atoms with Crippen molar-refractivity contribution in [1.82, 2.24) is 9.21 Å². The maximum Gasteiger partial charge on any atom is 0.326 e. The topological polar surface area (TPSA) is 95.0 Å². The van der Waals surface area contributed by atoms with Crippen molar-refractivity contribution in [1.29, 1.82) is 0 Å². The minimum atomic E-state index is -3.72. The van der Waals surface area contributed by atoms with Gasteiger partial charge < -0.3 is 10.0 Å². The number of piperidine rings is 1. The second-order valence-electron chi connectivity index (χ2n) is 6.66. The normalized spacial score (nSPS) is 22.5. The van der Waals surface area contributed by atoms with Gasteiger partial charge in [0.25, 0.3) is 0 Å². The number of amides is 1. The number of rotatable bonds is 4. The van der Waals surface area contributed by atoms with Gasteiger partial charge in [-0.15, -0.1) is 0 Å². The molecule has 1 N–H and O–H groups in total. The van der Waals surface area contributed by atoms with Crippen molar-refractivity contribution in [2.24, 2.45) is 5.92 Å². The van der Waals surface area contributed by atoms with Crippen LogP contribution in [0.4, 0.5) is 4.39 Å². The number of carbonyl (C=O) groups excluding carboxylic acids is 1. The number of sulfonamides is 1. The predicted octanol–water partition coefficient (Wildman–Crippen LogP) is 1.30. The SMILES string of the molecule is O=C(O)C1CCCN1C(=O)C1CCN(S(=O)(=O)c2ccc(F)cc2)CC1. The van der Waals surface area contributed by atoms with Gasteiger partial charge in [0, 0.05) is 25.6 Å². The lowest BCUT2D eigenvalue weighted by atomic mass is 9.96. The smallest absolute Gasteiger partial charge is 0.326 e. The first-order valence-electron chi connectivity index (χ1n) is 8.59. The number of hydrogen-bond donors (Lipinski definition) is 1. The zero-order valence-corrected chi connectivity index (χ0v) is 15.0. The molecular formula is C17H21FN2O5S. The zero-order valence-electron chi connectivity index (χ0n) is 14.2. The molecule has 9 heteroatoms. The summed E-state index contributed by atoms with van der Waals surface area (Å²) in [4.78, 5) is 25.3. The number of likely N-dealkylation sites (tertiary alicyclic amines) is 1. The van der Waals surface area contributed by atoms with Gasteiger partial charge in [0.05, 0.1) is 4.90 Å². The Morgan fingerprint density at radius 2 is 1.65 bits per heavy atom. The van der Waals surface area contributed by atoms with Gasteiger partial charge in [-0.2, -0.15) is 4.31 Å². The van der Waals surface area contributed by atoms with Gasteiger partial charge in [0.1, 0.15) is 11.9 Å². The molecule has 1 aromatic rings. The van der Waals surface area contributed by atoms with E-state index >= 15 is 0 Å². The van der Waals surface area contributed by atoms with Crippen LogP contribution in [-0.2, 0) is 19.6 Å². The third-order valence-corrected chi connectivity index (χ3v) is 6.99. The molecule has 0 bridgehead atoms. The van der Waals surface area contributed by atoms with Crippen molar-refractivity contribution < 1.29 is 27.5 Å². The fourth-order valence-electron chi connectivity index (χ4n) is 3.62. The van der Waals surface area contributed by atoms with Crippen molar-refractivity contribution in [2.75, 3.05) is 19.6 Å². The molecule has 1 aromatic carbocycles. The maximum atomic E-state index is 13.0. The summed E-state index contributed by atoms with van der Waals surface area (Å²) in [6.45, 7) is 0.799. The number of carboxylic acids is 1. The van der Waals surface area contributed by atoms with Crippen molar-refractivity contribution in [3.63, 3.8) is 0 Å². The summed E-state index contributed by atoms with van der Waals surface area (Å²) < 4.78 is 39.5. The Labute approximate surface area is 151 Å². The minimum absolute atomic E-state index is 0.0224. The van der Waals surface area contributed by atoms with E-state index in [2.05, 4.69) is 0 Å². The standard InChI is InChI=1S/C17H21FN2O5S/c18-13-3-5-14(6-4-13)26(24,25)19-10-7-12(8-11-19)16(21)20-9-1-2-15(20)17(22)23/h3-6,12,15H,1-2,7-11H2,(H,22,23). The van der Waals surface area contributed by atoms with Crippen LogP contribution in [0.3, 0.4) is 0 Å². The van der Waals surface area contributed by atoms with E-state index in [0.717, 1.165) is 12.1 Å². The van der Waals surface area contributed by atoms with E-state index in [1.54, 1.807) is 0 Å². The van der Waals surface area contributed by atoms with E-state index < -0.39 is 27.9 Å². The van der Waals surface area contributed by atoms with E-state index in [4.69, 9.17) is 0 Å². The number of halogens is 1. The second kappa shape index (κ2) is 7.32. The minimum Gasteiger partial charge on any atom is -0.480 e. The number of aliphatic carboxylic acids is 1. The van der Waals surface area contributed by atoms with E-state index in [-0.39, 0.29) is 29.8 Å². The van der Waals surface area contributed by atoms with E-state index in [1.807, 2.05) is 0 Å². The number of nitrogens with zero attached hydrogens (tertiary/aromatic N) is 2. The first-order valence-corrected chi connectivity index (χ1v) is 10.0. The summed E-state index contributed by atoms with van der Waals surface area (Å²) >= 11 is 0. The second-order valence-corrected chi connectivity index (χ2v) is 8.60. The summed E-state index contributed by atoms with van der Waals surface area (Å²) in [5.74, 6) is -2.07.